The largest absolute Gasteiger partial charge is 0.511 e. The number of carbonyl (C=O) groups is 2. The van der Waals surface area contributed by atoms with Gasteiger partial charge in [0.2, 0.25) is 0 Å². The lowest BCUT2D eigenvalue weighted by Crippen LogP contribution is -2.60. The number of aliphatic hydroxyl groups is 2. The molecule has 4 nitrogen and oxygen atoms in total. The first kappa shape index (κ1) is 19.6. The molecule has 25 heavy (non-hydrogen) atoms. The van der Waals surface area contributed by atoms with Crippen molar-refractivity contribution in [2.75, 3.05) is 0 Å². The Bertz CT molecular complexity index is 661. The molecule has 0 spiro atoms. The van der Waals surface area contributed by atoms with Crippen LogP contribution in [0.1, 0.15) is 60.3 Å². The zero-order valence-electron chi connectivity index (χ0n) is 15.9. The molecule has 2 bridgehead atoms. The van der Waals surface area contributed by atoms with Crippen molar-refractivity contribution in [3.8, 4) is 0 Å². The van der Waals surface area contributed by atoms with E-state index in [-0.39, 0.29) is 23.7 Å². The molecule has 0 saturated heterocycles. The van der Waals surface area contributed by atoms with Crippen molar-refractivity contribution in [1.29, 1.82) is 0 Å². The Balaban J connectivity index is 2.45. The third kappa shape index (κ3) is 3.37. The molecule has 2 rings (SSSR count). The second-order valence-electron chi connectivity index (χ2n) is 8.34. The number of rotatable bonds is 5. The van der Waals surface area contributed by atoms with Gasteiger partial charge in [0.15, 0.2) is 11.6 Å². The van der Waals surface area contributed by atoms with E-state index in [2.05, 4.69) is 6.08 Å². The second-order valence-corrected chi connectivity index (χ2v) is 8.34. The SMILES string of the molecule is CC(C)=CCC[C@@]1(C)[C@H]2C(=O)C=C(O)[C@@](CC=C(C)C)(C[C@@H]1O)C2=O. The smallest absolute Gasteiger partial charge is 0.170 e. The van der Waals surface area contributed by atoms with Gasteiger partial charge >= 0.3 is 0 Å². The third-order valence-corrected chi connectivity index (χ3v) is 5.84. The summed E-state index contributed by atoms with van der Waals surface area (Å²) < 4.78 is 0. The Morgan fingerprint density at radius 2 is 1.80 bits per heavy atom. The molecule has 2 N–H and O–H groups in total. The molecule has 2 aliphatic rings. The van der Waals surface area contributed by atoms with E-state index >= 15 is 0 Å². The van der Waals surface area contributed by atoms with Crippen LogP contribution in [0.25, 0.3) is 0 Å². The maximum atomic E-state index is 13.2. The molecule has 4 heteroatoms. The Labute approximate surface area is 150 Å². The zero-order valence-corrected chi connectivity index (χ0v) is 15.9. The highest BCUT2D eigenvalue weighted by molar-refractivity contribution is 6.14. The van der Waals surface area contributed by atoms with Gasteiger partial charge in [-0.25, -0.2) is 0 Å². The highest BCUT2D eigenvalue weighted by atomic mass is 16.3. The minimum absolute atomic E-state index is 0.160. The molecule has 0 amide bonds. The van der Waals surface area contributed by atoms with Crippen LogP contribution in [0.15, 0.2) is 35.1 Å². The number of Topliss-reactive ketones (excluding diaryl/α,β-unsaturated/α-hetero) is 1. The number of ketones is 2. The number of allylic oxidation sites excluding steroid dienone is 6. The molecule has 0 aromatic carbocycles. The topological polar surface area (TPSA) is 74.6 Å². The number of hydrogen-bond donors (Lipinski definition) is 2. The molecule has 138 valence electrons. The van der Waals surface area contributed by atoms with Crippen LogP contribution in [-0.2, 0) is 9.59 Å². The molecule has 0 unspecified atom stereocenters. The molecule has 1 fully saturated rings. The Kier molecular flexibility index (Phi) is 5.43. The molecular weight excluding hydrogens is 316 g/mol. The average molecular weight is 346 g/mol. The minimum Gasteiger partial charge on any atom is -0.511 e. The predicted molar refractivity (Wildman–Crippen MR) is 98.1 cm³/mol. The first-order chi connectivity index (χ1) is 11.5. The van der Waals surface area contributed by atoms with E-state index in [0.717, 1.165) is 5.57 Å². The van der Waals surface area contributed by atoms with Crippen molar-refractivity contribution in [2.45, 2.75) is 66.4 Å². The van der Waals surface area contributed by atoms with Crippen LogP contribution in [0, 0.1) is 16.7 Å². The molecule has 0 aliphatic heterocycles. The number of fused-ring (bicyclic) bond motifs is 2. The van der Waals surface area contributed by atoms with Crippen molar-refractivity contribution in [3.63, 3.8) is 0 Å². The van der Waals surface area contributed by atoms with Crippen molar-refractivity contribution < 1.29 is 19.8 Å². The van der Waals surface area contributed by atoms with Gasteiger partial charge in [0.05, 0.1) is 17.4 Å². The number of aliphatic hydroxyl groups excluding tert-OH is 2. The fourth-order valence-corrected chi connectivity index (χ4v) is 4.12. The van der Waals surface area contributed by atoms with Gasteiger partial charge in [0.1, 0.15) is 5.76 Å². The van der Waals surface area contributed by atoms with E-state index in [9.17, 15) is 19.8 Å². The Morgan fingerprint density at radius 3 is 2.36 bits per heavy atom. The summed E-state index contributed by atoms with van der Waals surface area (Å²) in [5, 5.41) is 21.3. The normalized spacial score (nSPS) is 34.4. The summed E-state index contributed by atoms with van der Waals surface area (Å²) in [4.78, 5) is 25.8. The van der Waals surface area contributed by atoms with E-state index in [1.807, 2.05) is 40.7 Å². The van der Waals surface area contributed by atoms with E-state index < -0.39 is 22.9 Å². The average Bonchev–Trinajstić information content (AvgIpc) is 2.48. The summed E-state index contributed by atoms with van der Waals surface area (Å²) in [7, 11) is 0. The van der Waals surface area contributed by atoms with Gasteiger partial charge in [0, 0.05) is 11.5 Å². The quantitative estimate of drug-likeness (QED) is 0.581. The summed E-state index contributed by atoms with van der Waals surface area (Å²) in [5.74, 6) is -1.70. The van der Waals surface area contributed by atoms with E-state index in [1.165, 1.54) is 11.6 Å². The van der Waals surface area contributed by atoms with E-state index in [4.69, 9.17) is 0 Å². The lowest BCUT2D eigenvalue weighted by atomic mass is 9.50. The van der Waals surface area contributed by atoms with Crippen molar-refractivity contribution in [1.82, 2.24) is 0 Å². The van der Waals surface area contributed by atoms with Gasteiger partial charge in [0.25, 0.3) is 0 Å². The molecule has 0 aromatic heterocycles. The first-order valence-electron chi connectivity index (χ1n) is 8.98. The van der Waals surface area contributed by atoms with Crippen LogP contribution in [-0.4, -0.2) is 27.9 Å². The summed E-state index contributed by atoms with van der Waals surface area (Å²) in [5.41, 5.74) is 0.248. The van der Waals surface area contributed by atoms with Crippen LogP contribution in [0.3, 0.4) is 0 Å². The van der Waals surface area contributed by atoms with E-state index in [0.29, 0.717) is 19.3 Å². The minimum atomic E-state index is -1.16. The fourth-order valence-electron chi connectivity index (χ4n) is 4.12. The van der Waals surface area contributed by atoms with Crippen LogP contribution in [0.2, 0.25) is 0 Å². The molecule has 0 aromatic rings. The maximum absolute atomic E-state index is 13.2. The maximum Gasteiger partial charge on any atom is 0.170 e. The third-order valence-electron chi connectivity index (χ3n) is 5.84. The molecule has 4 atom stereocenters. The van der Waals surface area contributed by atoms with Gasteiger partial charge in [-0.05, 0) is 53.4 Å². The van der Waals surface area contributed by atoms with Crippen molar-refractivity contribution in [3.05, 3.63) is 35.1 Å². The highest BCUT2D eigenvalue weighted by Gasteiger charge is 2.63. The summed E-state index contributed by atoms with van der Waals surface area (Å²) in [6, 6.07) is 0. The molecule has 0 heterocycles. The predicted octanol–water partition coefficient (Wildman–Crippen LogP) is 4.06. The van der Waals surface area contributed by atoms with Crippen LogP contribution in [0.5, 0.6) is 0 Å². The summed E-state index contributed by atoms with van der Waals surface area (Å²) in [6.07, 6.45) is 6.12. The zero-order chi connectivity index (χ0) is 19.0. The number of hydrogen-bond acceptors (Lipinski definition) is 4. The first-order valence-corrected chi connectivity index (χ1v) is 8.98. The summed E-state index contributed by atoms with van der Waals surface area (Å²) >= 11 is 0. The second kappa shape index (κ2) is 6.91. The van der Waals surface area contributed by atoms with Crippen molar-refractivity contribution >= 4 is 11.6 Å². The van der Waals surface area contributed by atoms with Gasteiger partial charge in [-0.15, -0.1) is 0 Å². The van der Waals surface area contributed by atoms with Crippen LogP contribution < -0.4 is 0 Å². The van der Waals surface area contributed by atoms with Gasteiger partial charge < -0.3 is 10.2 Å². The van der Waals surface area contributed by atoms with Gasteiger partial charge in [-0.2, -0.15) is 0 Å². The van der Waals surface area contributed by atoms with E-state index in [1.54, 1.807) is 0 Å². The standard InChI is InChI=1S/C21H30O4/c1-13(2)7-6-9-20(5)17(24)12-21(10-8-14(3)4)16(23)11-15(22)18(20)19(21)25/h7-8,11,17-18,23-24H,6,9-10,12H2,1-5H3/t17-,18-,20+,21+/m0/s1. The van der Waals surface area contributed by atoms with Crippen LogP contribution >= 0.6 is 0 Å². The molecule has 1 saturated carbocycles. The lowest BCUT2D eigenvalue weighted by molar-refractivity contribution is -0.163. The molecule has 2 aliphatic carbocycles. The monoisotopic (exact) mass is 346 g/mol. The molecular formula is C21H30O4. The van der Waals surface area contributed by atoms with Crippen molar-refractivity contribution in [2.24, 2.45) is 16.7 Å². The highest BCUT2D eigenvalue weighted by Crippen LogP contribution is 2.56. The van der Waals surface area contributed by atoms with Gasteiger partial charge in [-0.1, -0.05) is 30.2 Å². The van der Waals surface area contributed by atoms with Gasteiger partial charge in [-0.3, -0.25) is 9.59 Å². The molecule has 0 radical (unpaired) electrons. The fraction of sp³-hybridized carbons (Fsp3) is 0.619. The lowest BCUT2D eigenvalue weighted by Gasteiger charge is -2.52. The number of carbonyl (C=O) groups excluding carboxylic acids is 2. The summed E-state index contributed by atoms with van der Waals surface area (Å²) in [6.45, 7) is 9.69. The Hall–Kier alpha value is -1.68. The van der Waals surface area contributed by atoms with Crippen LogP contribution in [0.4, 0.5) is 0 Å². The Morgan fingerprint density at radius 1 is 1.20 bits per heavy atom.